The Kier molecular flexibility index (Phi) is 8.76. The third-order valence-electron chi connectivity index (χ3n) is 7.15. The fourth-order valence-corrected chi connectivity index (χ4v) is 7.13. The van der Waals surface area contributed by atoms with E-state index in [0.717, 1.165) is 70.5 Å². The van der Waals surface area contributed by atoms with Gasteiger partial charge in [0.25, 0.3) is 40.5 Å². The van der Waals surface area contributed by atoms with E-state index in [0.29, 0.717) is 0 Å². The van der Waals surface area contributed by atoms with E-state index in [1.165, 1.54) is 18.2 Å². The van der Waals surface area contributed by atoms with Crippen LogP contribution in [0.2, 0.25) is 0 Å². The maximum absolute atomic E-state index is 12.6. The average Bonchev–Trinajstić information content (AvgIpc) is 2.99. The second-order valence-corrected chi connectivity index (χ2v) is 16.0. The van der Waals surface area contributed by atoms with Crippen molar-refractivity contribution in [2.45, 2.75) is 19.6 Å². The predicted molar refractivity (Wildman–Crippen MR) is 174 cm³/mol. The fraction of sp³-hybridized carbons (Fsp3) is 0. The van der Waals surface area contributed by atoms with Crippen molar-refractivity contribution in [2.24, 2.45) is 0 Å². The van der Waals surface area contributed by atoms with Crippen molar-refractivity contribution in [3.05, 3.63) is 78.9 Å². The Morgan fingerprint density at radius 1 is 0.469 bits per heavy atom. The van der Waals surface area contributed by atoms with Crippen LogP contribution < -0.4 is 15.5 Å². The Labute approximate surface area is 277 Å². The normalized spacial score (nSPS) is 12.6. The second-order valence-electron chi connectivity index (χ2n) is 10.3. The molecule has 49 heavy (non-hydrogen) atoms. The predicted octanol–water partition coefficient (Wildman–Crippen LogP) is 3.15. The molecule has 0 heterocycles. The van der Waals surface area contributed by atoms with E-state index in [1.54, 1.807) is 0 Å². The Balaban J connectivity index is 1.76. The molecule has 0 unspecified atom stereocenters. The van der Waals surface area contributed by atoms with E-state index in [9.17, 15) is 61.5 Å². The molecule has 0 aliphatic carbocycles. The zero-order chi connectivity index (χ0) is 36.3. The van der Waals surface area contributed by atoms with Gasteiger partial charge in [0.15, 0.2) is 0 Å². The highest BCUT2D eigenvalue weighted by molar-refractivity contribution is 7.86. The van der Waals surface area contributed by atoms with Crippen LogP contribution in [0.5, 0.6) is 0 Å². The number of nitrogens with zero attached hydrogens (tertiary/aromatic N) is 2. The van der Waals surface area contributed by atoms with Gasteiger partial charge in [-0.2, -0.15) is 33.7 Å². The van der Waals surface area contributed by atoms with E-state index in [2.05, 4.69) is 0 Å². The Morgan fingerprint density at radius 3 is 1.10 bits per heavy atom. The van der Waals surface area contributed by atoms with Crippen LogP contribution in [0.3, 0.4) is 0 Å². The lowest BCUT2D eigenvalue weighted by Gasteiger charge is -2.25. The van der Waals surface area contributed by atoms with Crippen molar-refractivity contribution in [2.75, 3.05) is 15.5 Å². The maximum Gasteiger partial charge on any atom is 0.294 e. The zero-order valence-corrected chi connectivity index (χ0v) is 27.4. The van der Waals surface area contributed by atoms with Gasteiger partial charge >= 0.3 is 0 Å². The zero-order valence-electron chi connectivity index (χ0n) is 24.1. The van der Waals surface area contributed by atoms with Crippen LogP contribution in [0.1, 0.15) is 0 Å². The molecule has 0 aliphatic heterocycles. The molecule has 0 bridgehead atoms. The lowest BCUT2D eigenvalue weighted by Crippen LogP contribution is -2.19. The smallest absolute Gasteiger partial charge is 0.294 e. The van der Waals surface area contributed by atoms with Crippen LogP contribution in [-0.2, 0) is 50.1 Å². The highest BCUT2D eigenvalue weighted by Crippen LogP contribution is 2.40. The van der Waals surface area contributed by atoms with Crippen LogP contribution in [0.4, 0.5) is 28.4 Å². The van der Waals surface area contributed by atoms with Crippen molar-refractivity contribution in [3.8, 4) is 0 Å². The quantitative estimate of drug-likeness (QED) is 0.0778. The van der Waals surface area contributed by atoms with Crippen molar-refractivity contribution in [3.63, 3.8) is 0 Å². The fourth-order valence-electron chi connectivity index (χ4n) is 5.03. The number of anilines is 5. The molecule has 0 radical (unpaired) electrons. The minimum Gasteiger partial charge on any atom is -0.399 e. The highest BCUT2D eigenvalue weighted by Gasteiger charge is 2.24. The minimum atomic E-state index is -4.96. The molecule has 0 aromatic heterocycles. The molecule has 0 saturated carbocycles. The largest absolute Gasteiger partial charge is 0.399 e. The van der Waals surface area contributed by atoms with Crippen molar-refractivity contribution < 1.29 is 61.5 Å². The number of fused-ring (bicyclic) bond motifs is 2. The summed E-state index contributed by atoms with van der Waals surface area (Å²) in [5.74, 6) is 0. The van der Waals surface area contributed by atoms with Crippen molar-refractivity contribution in [1.29, 1.82) is 0 Å². The number of carbonyl (C=O) groups excluding carboxylic acids is 2. The molecule has 0 atom stereocenters. The van der Waals surface area contributed by atoms with Crippen molar-refractivity contribution in [1.82, 2.24) is 0 Å². The Morgan fingerprint density at radius 2 is 0.796 bits per heavy atom. The van der Waals surface area contributed by atoms with E-state index < -0.39 is 60.1 Å². The van der Waals surface area contributed by atoms with Gasteiger partial charge in [0.2, 0.25) is 12.8 Å². The number of nitrogen functional groups attached to an aromatic ring is 1. The first-order valence-electron chi connectivity index (χ1n) is 13.1. The highest BCUT2D eigenvalue weighted by atomic mass is 32.2. The molecule has 21 heteroatoms. The third-order valence-corrected chi connectivity index (χ3v) is 10.5. The van der Waals surface area contributed by atoms with Gasteiger partial charge in [-0.1, -0.05) is 12.1 Å². The number of amides is 2. The van der Waals surface area contributed by atoms with Gasteiger partial charge in [0, 0.05) is 16.5 Å². The summed E-state index contributed by atoms with van der Waals surface area (Å²) in [5.41, 5.74) is 5.23. The van der Waals surface area contributed by atoms with Crippen LogP contribution in [-0.4, -0.2) is 64.7 Å². The molecule has 5 rings (SSSR count). The van der Waals surface area contributed by atoms with Gasteiger partial charge in [0.1, 0.15) is 0 Å². The number of rotatable bonds is 10. The van der Waals surface area contributed by atoms with Crippen LogP contribution >= 0.6 is 0 Å². The van der Waals surface area contributed by atoms with Gasteiger partial charge < -0.3 is 5.73 Å². The molecular weight excluding hydrogens is 731 g/mol. The molecule has 5 aromatic rings. The van der Waals surface area contributed by atoms with E-state index in [4.69, 9.17) is 5.73 Å². The van der Waals surface area contributed by atoms with Gasteiger partial charge in [-0.3, -0.25) is 37.6 Å². The Bertz CT molecular complexity index is 2490. The number of nitrogens with two attached hydrogens (primary N) is 1. The van der Waals surface area contributed by atoms with E-state index in [-0.39, 0.29) is 62.8 Å². The summed E-state index contributed by atoms with van der Waals surface area (Å²) < 4.78 is 134. The summed E-state index contributed by atoms with van der Waals surface area (Å²) in [6, 6.07) is 13.2. The minimum absolute atomic E-state index is 0.0459. The second kappa shape index (κ2) is 12.2. The first-order valence-corrected chi connectivity index (χ1v) is 18.8. The van der Waals surface area contributed by atoms with Crippen LogP contribution in [0, 0.1) is 0 Å². The molecular formula is C28H21N3O14S4. The molecule has 17 nitrogen and oxygen atoms in total. The molecule has 0 spiro atoms. The van der Waals surface area contributed by atoms with Gasteiger partial charge in [-0.25, -0.2) is 0 Å². The number of benzene rings is 5. The molecule has 0 aliphatic rings. The monoisotopic (exact) mass is 751 g/mol. The lowest BCUT2D eigenvalue weighted by molar-refractivity contribution is -0.107. The third kappa shape index (κ3) is 7.09. The van der Waals surface area contributed by atoms with Gasteiger partial charge in [0.05, 0.1) is 42.3 Å². The topological polar surface area (TPSA) is 284 Å². The molecule has 5 aromatic carbocycles. The summed E-state index contributed by atoms with van der Waals surface area (Å²) in [6.45, 7) is 0. The number of carbonyl (C=O) groups is 2. The van der Waals surface area contributed by atoms with Crippen LogP contribution in [0.25, 0.3) is 21.5 Å². The number of hydrogen-bond donors (Lipinski definition) is 5. The Hall–Kier alpha value is -5.00. The molecule has 0 fully saturated rings. The molecule has 2 amide bonds. The van der Waals surface area contributed by atoms with Gasteiger partial charge in [-0.05, 0) is 77.5 Å². The SMILES string of the molecule is Nc1cc(N(C=O)c2cc(S(=O)(=O)O)cc3cc(S(=O)(=O)O)ccc23)cc(N(C=O)c2cc(S(=O)(=O)O)cc3cc(S(=O)(=O)O)ccc23)c1. The maximum atomic E-state index is 12.6. The standard InChI is InChI=1S/C28H21N3O14S4/c29-18-9-19(30(14-32)27-12-23(48(40,41)42)7-16-5-21(46(34,35)36)1-3-25(16)27)11-20(10-18)31(15-33)28-13-24(49(43,44)45)8-17-6-22(47(37,38)39)2-4-26(17)28/h1-15H,29H2,(H,34,35,36)(H,37,38,39)(H,40,41,42)(H,43,44,45). The summed E-state index contributed by atoms with van der Waals surface area (Å²) >= 11 is 0. The lowest BCUT2D eigenvalue weighted by atomic mass is 10.1. The molecule has 6 N–H and O–H groups in total. The molecule has 256 valence electrons. The summed E-state index contributed by atoms with van der Waals surface area (Å²) in [5, 5.41) is -0.207. The van der Waals surface area contributed by atoms with Crippen LogP contribution in [0.15, 0.2) is 98.4 Å². The number of hydrogen-bond acceptors (Lipinski definition) is 11. The summed E-state index contributed by atoms with van der Waals surface area (Å²) in [4.78, 5) is 24.1. The first-order chi connectivity index (χ1) is 22.6. The van der Waals surface area contributed by atoms with E-state index in [1.807, 2.05) is 0 Å². The summed E-state index contributed by atoms with van der Waals surface area (Å²) in [7, 11) is -19.5. The average molecular weight is 752 g/mol. The van der Waals surface area contributed by atoms with E-state index >= 15 is 0 Å². The van der Waals surface area contributed by atoms with Gasteiger partial charge in [-0.15, -0.1) is 0 Å². The molecule has 0 saturated heterocycles. The summed E-state index contributed by atoms with van der Waals surface area (Å²) in [6.07, 6.45) is 0.405. The van der Waals surface area contributed by atoms with Crippen molar-refractivity contribution >= 4 is 103 Å². The first kappa shape index (κ1) is 35.3.